The lowest BCUT2D eigenvalue weighted by Crippen LogP contribution is -2.22. The topological polar surface area (TPSA) is 79.0 Å². The maximum atomic E-state index is 14.4. The number of anilines is 1. The van der Waals surface area contributed by atoms with Gasteiger partial charge >= 0.3 is 6.18 Å². The van der Waals surface area contributed by atoms with Crippen LogP contribution in [0.1, 0.15) is 16.1 Å². The molecule has 2 aromatic carbocycles. The van der Waals surface area contributed by atoms with E-state index in [2.05, 4.69) is 10.5 Å². The van der Waals surface area contributed by atoms with Crippen molar-refractivity contribution in [3.8, 4) is 11.3 Å². The van der Waals surface area contributed by atoms with E-state index in [0.717, 1.165) is 6.07 Å². The van der Waals surface area contributed by atoms with Crippen LogP contribution >= 0.6 is 34.8 Å². The maximum absolute atomic E-state index is 14.4. The van der Waals surface area contributed by atoms with Crippen LogP contribution in [0.15, 0.2) is 52.7 Å². The van der Waals surface area contributed by atoms with Crippen molar-refractivity contribution in [3.63, 3.8) is 0 Å². The quantitative estimate of drug-likeness (QED) is 0.210. The average molecular weight is 507 g/mol. The Morgan fingerprint density at radius 1 is 1.16 bits per heavy atom. The van der Waals surface area contributed by atoms with Crippen LogP contribution in [-0.4, -0.2) is 22.8 Å². The number of benzene rings is 2. The van der Waals surface area contributed by atoms with Crippen molar-refractivity contribution < 1.29 is 26.9 Å². The summed E-state index contributed by atoms with van der Waals surface area (Å²) in [6.45, 7) is 0. The minimum Gasteiger partial charge on any atom is -0.355 e. The lowest BCUT2D eigenvalue weighted by molar-refractivity contribution is -0.0896. The predicted octanol–water partition coefficient (Wildman–Crippen LogP) is 7.20. The smallest absolute Gasteiger partial charge is 0.355 e. The number of nitrogens with one attached hydrogen (secondary N) is 2. The normalized spacial score (nSPS) is 12.3. The first-order chi connectivity index (χ1) is 15.0. The molecule has 3 rings (SSSR count). The molecule has 166 valence electrons. The molecule has 0 aliphatic carbocycles. The van der Waals surface area contributed by atoms with Crippen LogP contribution in [0.4, 0.5) is 23.2 Å². The number of allylic oxidation sites excluding steroid dienone is 2. The number of aromatic nitrogens is 1. The van der Waals surface area contributed by atoms with Gasteiger partial charge in [0.15, 0.2) is 5.76 Å². The Morgan fingerprint density at radius 3 is 2.41 bits per heavy atom. The van der Waals surface area contributed by atoms with Crippen LogP contribution in [0.5, 0.6) is 0 Å². The van der Waals surface area contributed by atoms with E-state index in [9.17, 15) is 22.4 Å². The number of hydrogen-bond acceptors (Lipinski definition) is 5. The van der Waals surface area contributed by atoms with Gasteiger partial charge in [0.1, 0.15) is 22.8 Å². The van der Waals surface area contributed by atoms with E-state index < -0.39 is 51.1 Å². The molecule has 0 amide bonds. The second-order valence-corrected chi connectivity index (χ2v) is 7.36. The number of halogens is 7. The van der Waals surface area contributed by atoms with Crippen molar-refractivity contribution in [3.05, 3.63) is 75.3 Å². The standard InChI is InChI=1S/C20H10Cl3F4N3O2/c21-9-3-1-4-10(7-9)29-18(20(25,26)27)11(8-28)17-15(19(23)31)16(30-32-17)14-12(22)5-2-6-13(14)24/h1-8,28-29H/b18-11+,28-8?. The van der Waals surface area contributed by atoms with Gasteiger partial charge in [-0.25, -0.2) is 4.39 Å². The monoisotopic (exact) mass is 505 g/mol. The first-order valence-corrected chi connectivity index (χ1v) is 9.66. The highest BCUT2D eigenvalue weighted by Gasteiger charge is 2.39. The van der Waals surface area contributed by atoms with Crippen molar-refractivity contribution in [1.82, 2.24) is 5.16 Å². The fourth-order valence-electron chi connectivity index (χ4n) is 2.80. The highest BCUT2D eigenvalue weighted by molar-refractivity contribution is 6.68. The van der Waals surface area contributed by atoms with Crippen LogP contribution in [0.2, 0.25) is 10.0 Å². The molecule has 0 aliphatic heterocycles. The molecule has 0 radical (unpaired) electrons. The number of carbonyl (C=O) groups excluding carboxylic acids is 1. The molecule has 0 aliphatic rings. The number of alkyl halides is 3. The maximum Gasteiger partial charge on any atom is 0.432 e. The molecule has 0 spiro atoms. The highest BCUT2D eigenvalue weighted by Crippen LogP contribution is 2.39. The van der Waals surface area contributed by atoms with Gasteiger partial charge in [-0.15, -0.1) is 0 Å². The van der Waals surface area contributed by atoms with Crippen LogP contribution in [0.25, 0.3) is 16.8 Å². The minimum absolute atomic E-state index is 0.0557. The van der Waals surface area contributed by atoms with E-state index in [1.807, 2.05) is 0 Å². The zero-order chi connectivity index (χ0) is 23.6. The molecule has 32 heavy (non-hydrogen) atoms. The summed E-state index contributed by atoms with van der Waals surface area (Å²) in [4.78, 5) is 12.1. The molecule has 1 aromatic heterocycles. The van der Waals surface area contributed by atoms with Crippen molar-refractivity contribution in [2.45, 2.75) is 6.18 Å². The van der Waals surface area contributed by atoms with Gasteiger partial charge in [0.25, 0.3) is 5.24 Å². The lowest BCUT2D eigenvalue weighted by Gasteiger charge is -2.17. The minimum atomic E-state index is -5.04. The summed E-state index contributed by atoms with van der Waals surface area (Å²) in [6, 6.07) is 8.95. The molecule has 0 bridgehead atoms. The Hall–Kier alpha value is -2.88. The molecule has 1 heterocycles. The lowest BCUT2D eigenvalue weighted by atomic mass is 10.0. The van der Waals surface area contributed by atoms with E-state index >= 15 is 0 Å². The summed E-state index contributed by atoms with van der Waals surface area (Å²) in [6.07, 6.45) is -4.73. The van der Waals surface area contributed by atoms with E-state index in [0.29, 0.717) is 6.21 Å². The van der Waals surface area contributed by atoms with Gasteiger partial charge in [-0.2, -0.15) is 13.2 Å². The first kappa shape index (κ1) is 23.8. The highest BCUT2D eigenvalue weighted by atomic mass is 35.5. The summed E-state index contributed by atoms with van der Waals surface area (Å²) in [5.41, 5.74) is -4.02. The zero-order valence-corrected chi connectivity index (χ0v) is 17.8. The van der Waals surface area contributed by atoms with Crippen LogP contribution in [0, 0.1) is 11.2 Å². The number of nitrogens with zero attached hydrogens (tertiary/aromatic N) is 1. The van der Waals surface area contributed by atoms with Gasteiger partial charge in [-0.3, -0.25) is 4.79 Å². The summed E-state index contributed by atoms with van der Waals surface area (Å²) >= 11 is 17.4. The van der Waals surface area contributed by atoms with E-state index in [-0.39, 0.29) is 15.7 Å². The SMILES string of the molecule is N=C/C(=C(\Nc1cccc(Cl)c1)C(F)(F)F)c1onc(-c2c(F)cccc2Cl)c1C(=O)Cl. The molecule has 5 nitrogen and oxygen atoms in total. The molecule has 0 atom stereocenters. The Morgan fingerprint density at radius 2 is 1.84 bits per heavy atom. The molecule has 3 aromatic rings. The molecule has 2 N–H and O–H groups in total. The molecule has 0 unspecified atom stereocenters. The molecular weight excluding hydrogens is 497 g/mol. The van der Waals surface area contributed by atoms with Gasteiger partial charge in [0, 0.05) is 16.9 Å². The van der Waals surface area contributed by atoms with E-state index in [1.54, 1.807) is 0 Å². The Kier molecular flexibility index (Phi) is 6.92. The Balaban J connectivity index is 2.29. The molecule has 0 saturated heterocycles. The predicted molar refractivity (Wildman–Crippen MR) is 114 cm³/mol. The van der Waals surface area contributed by atoms with E-state index in [4.69, 9.17) is 44.7 Å². The van der Waals surface area contributed by atoms with Crippen LogP contribution in [-0.2, 0) is 0 Å². The molecule has 12 heteroatoms. The molecule has 0 fully saturated rings. The van der Waals surface area contributed by atoms with Gasteiger partial charge in [0.2, 0.25) is 0 Å². The van der Waals surface area contributed by atoms with Gasteiger partial charge in [0.05, 0.1) is 16.2 Å². The van der Waals surface area contributed by atoms with Crippen molar-refractivity contribution in [2.75, 3.05) is 5.32 Å². The fourth-order valence-corrected chi connectivity index (χ4v) is 3.42. The summed E-state index contributed by atoms with van der Waals surface area (Å²) in [7, 11) is 0. The Labute approximate surface area is 193 Å². The van der Waals surface area contributed by atoms with Crippen LogP contribution < -0.4 is 5.32 Å². The van der Waals surface area contributed by atoms with Crippen molar-refractivity contribution >= 4 is 57.5 Å². The van der Waals surface area contributed by atoms with Gasteiger partial charge in [-0.05, 0) is 41.9 Å². The third-order valence-corrected chi connectivity index (χ3v) is 4.86. The molecular formula is C20H10Cl3F4N3O2. The second-order valence-electron chi connectivity index (χ2n) is 6.17. The fraction of sp³-hybridized carbons (Fsp3) is 0.0500. The Bertz CT molecular complexity index is 1220. The largest absolute Gasteiger partial charge is 0.432 e. The number of rotatable bonds is 6. The summed E-state index contributed by atoms with van der Waals surface area (Å²) in [5, 5.41) is 11.9. The number of carbonyl (C=O) groups is 1. The summed E-state index contributed by atoms with van der Waals surface area (Å²) in [5.74, 6) is -1.71. The van der Waals surface area contributed by atoms with Gasteiger partial charge < -0.3 is 15.2 Å². The third kappa shape index (κ3) is 4.79. The zero-order valence-electron chi connectivity index (χ0n) is 15.5. The van der Waals surface area contributed by atoms with Crippen molar-refractivity contribution in [1.29, 1.82) is 5.41 Å². The third-order valence-electron chi connectivity index (χ3n) is 4.12. The first-order valence-electron chi connectivity index (χ1n) is 8.53. The number of hydrogen-bond donors (Lipinski definition) is 2. The second kappa shape index (κ2) is 9.32. The van der Waals surface area contributed by atoms with Crippen LogP contribution in [0.3, 0.4) is 0 Å². The molecule has 0 saturated carbocycles. The average Bonchev–Trinajstić information content (AvgIpc) is 3.12. The summed E-state index contributed by atoms with van der Waals surface area (Å²) < 4.78 is 61.0. The van der Waals surface area contributed by atoms with Crippen molar-refractivity contribution in [2.24, 2.45) is 0 Å². The van der Waals surface area contributed by atoms with E-state index in [1.165, 1.54) is 36.4 Å². The van der Waals surface area contributed by atoms with Gasteiger partial charge in [-0.1, -0.05) is 40.5 Å².